The van der Waals surface area contributed by atoms with Crippen LogP contribution in [0.3, 0.4) is 0 Å². The van der Waals surface area contributed by atoms with Crippen molar-refractivity contribution in [3.63, 3.8) is 0 Å². The number of rotatable bonds is 7. The molecular weight excluding hydrogens is 388 g/mol. The molecular formula is C25H34N4O2. The van der Waals surface area contributed by atoms with E-state index in [2.05, 4.69) is 43.9 Å². The number of aromatic nitrogens is 2. The molecule has 2 heterocycles. The van der Waals surface area contributed by atoms with Crippen molar-refractivity contribution in [3.8, 4) is 0 Å². The molecule has 2 aliphatic rings. The van der Waals surface area contributed by atoms with E-state index in [1.807, 2.05) is 4.90 Å². The molecule has 2 aromatic rings. The average Bonchev–Trinajstić information content (AvgIpc) is 3.62. The number of carbonyl (C=O) groups excluding carboxylic acids is 1. The molecule has 1 aromatic heterocycles. The Morgan fingerprint density at radius 2 is 1.87 bits per heavy atom. The molecule has 6 heteroatoms. The highest BCUT2D eigenvalue weighted by atomic mass is 16.5. The third-order valence-electron chi connectivity index (χ3n) is 6.44. The number of methoxy groups -OCH3 is 1. The normalized spacial score (nSPS) is 16.6. The minimum absolute atomic E-state index is 0.0633. The molecule has 1 aromatic carbocycles. The molecule has 0 spiro atoms. The molecule has 0 N–H and O–H groups in total. The molecule has 31 heavy (non-hydrogen) atoms. The van der Waals surface area contributed by atoms with Crippen LogP contribution in [0, 0.1) is 13.8 Å². The number of hydrogen-bond acceptors (Lipinski definition) is 5. The lowest BCUT2D eigenvalue weighted by Crippen LogP contribution is -2.50. The number of anilines is 1. The van der Waals surface area contributed by atoms with Crippen molar-refractivity contribution < 1.29 is 9.53 Å². The van der Waals surface area contributed by atoms with E-state index >= 15 is 0 Å². The summed E-state index contributed by atoms with van der Waals surface area (Å²) in [5.41, 5.74) is 6.34. The molecule has 2 fully saturated rings. The van der Waals surface area contributed by atoms with E-state index in [-0.39, 0.29) is 12.5 Å². The lowest BCUT2D eigenvalue weighted by Gasteiger charge is -2.36. The number of nitrogens with zero attached hydrogens (tertiary/aromatic N) is 4. The summed E-state index contributed by atoms with van der Waals surface area (Å²) in [7, 11) is 1.57. The number of aryl methyl sites for hydroxylation is 3. The van der Waals surface area contributed by atoms with Crippen LogP contribution in [0.1, 0.15) is 59.5 Å². The number of piperazine rings is 1. The zero-order chi connectivity index (χ0) is 22.0. The van der Waals surface area contributed by atoms with Crippen LogP contribution >= 0.6 is 0 Å². The lowest BCUT2D eigenvalue weighted by atomic mass is 9.96. The Balaban J connectivity index is 1.66. The summed E-state index contributed by atoms with van der Waals surface area (Å²) >= 11 is 0. The Morgan fingerprint density at radius 1 is 1.13 bits per heavy atom. The molecule has 166 valence electrons. The van der Waals surface area contributed by atoms with Gasteiger partial charge in [0.15, 0.2) is 0 Å². The summed E-state index contributed by atoms with van der Waals surface area (Å²) in [6, 6.07) is 6.66. The van der Waals surface area contributed by atoms with E-state index in [1.165, 1.54) is 40.8 Å². The second-order valence-electron chi connectivity index (χ2n) is 8.87. The van der Waals surface area contributed by atoms with Crippen LogP contribution in [0.15, 0.2) is 18.2 Å². The van der Waals surface area contributed by atoms with Gasteiger partial charge in [-0.25, -0.2) is 9.97 Å². The standard InChI is InChI=1S/C25H34N4O2/c1-5-22-21(15-20-14-17(2)6-7-18(20)3)25(27-24(26-22)19-8-9-19)29-12-10-28(11-13-29)23(30)16-31-4/h6-7,14,19H,5,8-13,15-16H2,1-4H3. The van der Waals surface area contributed by atoms with Crippen LogP contribution in [-0.4, -0.2) is 60.7 Å². The van der Waals surface area contributed by atoms with Gasteiger partial charge >= 0.3 is 0 Å². The molecule has 1 amide bonds. The van der Waals surface area contributed by atoms with E-state index in [0.29, 0.717) is 19.0 Å². The predicted molar refractivity (Wildman–Crippen MR) is 123 cm³/mol. The fourth-order valence-electron chi connectivity index (χ4n) is 4.36. The molecule has 0 atom stereocenters. The first-order valence-corrected chi connectivity index (χ1v) is 11.5. The predicted octanol–water partition coefficient (Wildman–Crippen LogP) is 3.42. The maximum atomic E-state index is 12.2. The summed E-state index contributed by atoms with van der Waals surface area (Å²) in [4.78, 5) is 26.6. The van der Waals surface area contributed by atoms with Crippen molar-refractivity contribution >= 4 is 11.7 Å². The SMILES string of the molecule is CCc1nc(C2CC2)nc(N2CCN(C(=O)COC)CC2)c1Cc1cc(C)ccc1C. The summed E-state index contributed by atoms with van der Waals surface area (Å²) in [6.07, 6.45) is 4.14. The van der Waals surface area contributed by atoms with E-state index in [1.54, 1.807) is 7.11 Å². The smallest absolute Gasteiger partial charge is 0.248 e. The first-order valence-electron chi connectivity index (χ1n) is 11.5. The summed E-state index contributed by atoms with van der Waals surface area (Å²) < 4.78 is 5.03. The van der Waals surface area contributed by atoms with E-state index < -0.39 is 0 Å². The van der Waals surface area contributed by atoms with Crippen molar-refractivity contribution in [2.45, 2.75) is 52.4 Å². The van der Waals surface area contributed by atoms with Gasteiger partial charge in [-0.1, -0.05) is 30.7 Å². The van der Waals surface area contributed by atoms with Gasteiger partial charge in [-0.15, -0.1) is 0 Å². The topological polar surface area (TPSA) is 58.6 Å². The molecule has 4 rings (SSSR count). The van der Waals surface area contributed by atoms with Crippen molar-refractivity contribution in [3.05, 3.63) is 52.0 Å². The summed E-state index contributed by atoms with van der Waals surface area (Å²) in [5.74, 6) is 2.67. The molecule has 0 bridgehead atoms. The van der Waals surface area contributed by atoms with Gasteiger partial charge < -0.3 is 14.5 Å². The van der Waals surface area contributed by atoms with Crippen molar-refractivity contribution in [1.29, 1.82) is 0 Å². The maximum absolute atomic E-state index is 12.2. The minimum atomic E-state index is 0.0633. The van der Waals surface area contributed by atoms with Gasteiger partial charge in [0.25, 0.3) is 0 Å². The van der Waals surface area contributed by atoms with Gasteiger partial charge in [-0.05, 0) is 44.2 Å². The van der Waals surface area contributed by atoms with Crippen LogP contribution in [0.4, 0.5) is 5.82 Å². The fourth-order valence-corrected chi connectivity index (χ4v) is 4.36. The molecule has 1 saturated carbocycles. The third-order valence-corrected chi connectivity index (χ3v) is 6.44. The Morgan fingerprint density at radius 3 is 2.52 bits per heavy atom. The van der Waals surface area contributed by atoms with Gasteiger partial charge in [-0.2, -0.15) is 0 Å². The molecule has 1 aliphatic heterocycles. The first-order chi connectivity index (χ1) is 15.0. The number of amides is 1. The Bertz CT molecular complexity index is 947. The number of benzene rings is 1. The lowest BCUT2D eigenvalue weighted by molar-refractivity contribution is -0.135. The van der Waals surface area contributed by atoms with Gasteiger partial charge in [0.1, 0.15) is 18.2 Å². The van der Waals surface area contributed by atoms with Crippen LogP contribution in [0.5, 0.6) is 0 Å². The summed E-state index contributed by atoms with van der Waals surface area (Å²) in [5, 5.41) is 0. The molecule has 1 aliphatic carbocycles. The van der Waals surface area contributed by atoms with Gasteiger partial charge in [-0.3, -0.25) is 4.79 Å². The van der Waals surface area contributed by atoms with E-state index in [9.17, 15) is 4.79 Å². The van der Waals surface area contributed by atoms with Gasteiger partial charge in [0.05, 0.1) is 0 Å². The van der Waals surface area contributed by atoms with Crippen LogP contribution in [0.25, 0.3) is 0 Å². The molecule has 0 radical (unpaired) electrons. The van der Waals surface area contributed by atoms with Crippen molar-refractivity contribution in [1.82, 2.24) is 14.9 Å². The Hall–Kier alpha value is -2.47. The third kappa shape index (κ3) is 4.90. The van der Waals surface area contributed by atoms with Crippen LogP contribution in [0.2, 0.25) is 0 Å². The van der Waals surface area contributed by atoms with Crippen molar-refractivity contribution in [2.24, 2.45) is 0 Å². The Labute approximate surface area is 185 Å². The summed E-state index contributed by atoms with van der Waals surface area (Å²) in [6.45, 7) is 9.66. The first kappa shape index (κ1) is 21.8. The number of ether oxygens (including phenoxy) is 1. The van der Waals surface area contributed by atoms with E-state index in [0.717, 1.165) is 37.6 Å². The maximum Gasteiger partial charge on any atom is 0.248 e. The zero-order valence-electron chi connectivity index (χ0n) is 19.3. The minimum Gasteiger partial charge on any atom is -0.375 e. The second-order valence-corrected chi connectivity index (χ2v) is 8.87. The number of hydrogen-bond donors (Lipinski definition) is 0. The quantitative estimate of drug-likeness (QED) is 0.684. The molecule has 6 nitrogen and oxygen atoms in total. The average molecular weight is 423 g/mol. The Kier molecular flexibility index (Phi) is 6.56. The fraction of sp³-hybridized carbons (Fsp3) is 0.560. The monoisotopic (exact) mass is 422 g/mol. The highest BCUT2D eigenvalue weighted by molar-refractivity contribution is 5.77. The zero-order valence-corrected chi connectivity index (χ0v) is 19.3. The number of carbonyl (C=O) groups is 1. The van der Waals surface area contributed by atoms with Crippen molar-refractivity contribution in [2.75, 3.05) is 44.8 Å². The highest BCUT2D eigenvalue weighted by Crippen LogP contribution is 2.40. The van der Waals surface area contributed by atoms with Gasteiger partial charge in [0.2, 0.25) is 5.91 Å². The molecule has 1 saturated heterocycles. The van der Waals surface area contributed by atoms with Crippen LogP contribution in [-0.2, 0) is 22.4 Å². The van der Waals surface area contributed by atoms with Gasteiger partial charge in [0, 0.05) is 56.9 Å². The largest absolute Gasteiger partial charge is 0.375 e. The second kappa shape index (κ2) is 9.35. The highest BCUT2D eigenvalue weighted by Gasteiger charge is 2.31. The molecule has 0 unspecified atom stereocenters. The van der Waals surface area contributed by atoms with E-state index in [4.69, 9.17) is 14.7 Å². The van der Waals surface area contributed by atoms with Crippen LogP contribution < -0.4 is 4.90 Å².